The lowest BCUT2D eigenvalue weighted by atomic mass is 10.1. The van der Waals surface area contributed by atoms with E-state index in [1.54, 1.807) is 0 Å². The van der Waals surface area contributed by atoms with Gasteiger partial charge in [-0.15, -0.1) is 0 Å². The highest BCUT2D eigenvalue weighted by Gasteiger charge is 2.35. The van der Waals surface area contributed by atoms with Crippen molar-refractivity contribution in [3.63, 3.8) is 0 Å². The molecule has 0 aliphatic heterocycles. The molecule has 1 aromatic heterocycles. The summed E-state index contributed by atoms with van der Waals surface area (Å²) in [5.74, 6) is 0. The van der Waals surface area contributed by atoms with E-state index in [1.165, 1.54) is 6.07 Å². The summed E-state index contributed by atoms with van der Waals surface area (Å²) in [6.45, 7) is 0. The highest BCUT2D eigenvalue weighted by atomic mass is 35.5. The van der Waals surface area contributed by atoms with Gasteiger partial charge in [-0.25, -0.2) is 4.98 Å². The fourth-order valence-corrected chi connectivity index (χ4v) is 1.84. The van der Waals surface area contributed by atoms with Crippen LogP contribution >= 0.6 is 11.6 Å². The van der Waals surface area contributed by atoms with Crippen LogP contribution in [-0.4, -0.2) is 4.98 Å². The van der Waals surface area contributed by atoms with E-state index in [9.17, 15) is 26.3 Å². The summed E-state index contributed by atoms with van der Waals surface area (Å²) in [7, 11) is 0. The van der Waals surface area contributed by atoms with Gasteiger partial charge in [0.05, 0.1) is 16.3 Å². The monoisotopic (exact) mass is 325 g/mol. The number of pyridine rings is 1. The fraction of sp³-hybridized carbons (Fsp3) is 0.154. The van der Waals surface area contributed by atoms with Crippen LogP contribution in [0, 0.1) is 0 Å². The van der Waals surface area contributed by atoms with Gasteiger partial charge >= 0.3 is 12.4 Å². The first kappa shape index (κ1) is 15.6. The molecule has 21 heavy (non-hydrogen) atoms. The SMILES string of the molecule is FC(F)(F)c1ccc(-c2ccc(Cl)c(C(F)(F)F)n2)cc1. The summed E-state index contributed by atoms with van der Waals surface area (Å²) >= 11 is 5.42. The molecular weight excluding hydrogens is 320 g/mol. The highest BCUT2D eigenvalue weighted by molar-refractivity contribution is 6.31. The zero-order chi connectivity index (χ0) is 15.8. The molecule has 0 bridgehead atoms. The van der Waals surface area contributed by atoms with Gasteiger partial charge < -0.3 is 0 Å². The van der Waals surface area contributed by atoms with Crippen molar-refractivity contribution in [3.05, 3.63) is 52.7 Å². The summed E-state index contributed by atoms with van der Waals surface area (Å²) in [4.78, 5) is 3.37. The van der Waals surface area contributed by atoms with Crippen LogP contribution in [0.1, 0.15) is 11.3 Å². The molecule has 2 aromatic rings. The van der Waals surface area contributed by atoms with Crippen molar-refractivity contribution in [1.29, 1.82) is 0 Å². The van der Waals surface area contributed by atoms with E-state index in [1.807, 2.05) is 0 Å². The minimum Gasteiger partial charge on any atom is -0.242 e. The van der Waals surface area contributed by atoms with Gasteiger partial charge in [0.1, 0.15) is 0 Å². The van der Waals surface area contributed by atoms with E-state index >= 15 is 0 Å². The van der Waals surface area contributed by atoms with E-state index < -0.39 is 28.6 Å². The number of nitrogens with zero attached hydrogens (tertiary/aromatic N) is 1. The number of alkyl halides is 6. The molecule has 0 spiro atoms. The summed E-state index contributed by atoms with van der Waals surface area (Å²) in [5.41, 5.74) is -2.15. The Morgan fingerprint density at radius 2 is 1.33 bits per heavy atom. The molecule has 0 amide bonds. The number of benzene rings is 1. The van der Waals surface area contributed by atoms with E-state index in [0.29, 0.717) is 0 Å². The molecule has 1 nitrogen and oxygen atoms in total. The zero-order valence-corrected chi connectivity index (χ0v) is 10.8. The molecule has 112 valence electrons. The summed E-state index contributed by atoms with van der Waals surface area (Å²) in [6, 6.07) is 5.88. The van der Waals surface area contributed by atoms with Crippen LogP contribution in [-0.2, 0) is 12.4 Å². The molecule has 1 heterocycles. The third kappa shape index (κ3) is 3.47. The van der Waals surface area contributed by atoms with Crippen molar-refractivity contribution in [2.75, 3.05) is 0 Å². The van der Waals surface area contributed by atoms with Gasteiger partial charge in [-0.2, -0.15) is 26.3 Å². The molecular formula is C13H6ClF6N. The second kappa shape index (κ2) is 5.22. The smallest absolute Gasteiger partial charge is 0.242 e. The van der Waals surface area contributed by atoms with Crippen LogP contribution in [0.3, 0.4) is 0 Å². The van der Waals surface area contributed by atoms with Crippen molar-refractivity contribution >= 4 is 11.6 Å². The van der Waals surface area contributed by atoms with Crippen molar-refractivity contribution in [2.45, 2.75) is 12.4 Å². The molecule has 0 saturated carbocycles. The van der Waals surface area contributed by atoms with Gasteiger partial charge in [0.25, 0.3) is 0 Å². The van der Waals surface area contributed by atoms with Crippen molar-refractivity contribution < 1.29 is 26.3 Å². The van der Waals surface area contributed by atoms with E-state index in [-0.39, 0.29) is 11.3 Å². The Labute approximate surface area is 120 Å². The Hall–Kier alpha value is -1.76. The molecule has 2 rings (SSSR count). The largest absolute Gasteiger partial charge is 0.434 e. The first-order chi connectivity index (χ1) is 9.59. The summed E-state index contributed by atoms with van der Waals surface area (Å²) in [6.07, 6.45) is -9.25. The molecule has 0 aliphatic carbocycles. The van der Waals surface area contributed by atoms with Crippen molar-refractivity contribution in [2.24, 2.45) is 0 Å². The van der Waals surface area contributed by atoms with Gasteiger partial charge in [-0.1, -0.05) is 23.7 Å². The number of hydrogen-bond donors (Lipinski definition) is 0. The summed E-state index contributed by atoms with van der Waals surface area (Å²) in [5, 5.41) is -0.571. The van der Waals surface area contributed by atoms with Crippen LogP contribution in [0.15, 0.2) is 36.4 Å². The van der Waals surface area contributed by atoms with E-state index in [4.69, 9.17) is 11.6 Å². The molecule has 0 atom stereocenters. The van der Waals surface area contributed by atoms with Crippen LogP contribution < -0.4 is 0 Å². The quantitative estimate of drug-likeness (QED) is 0.636. The van der Waals surface area contributed by atoms with Crippen molar-refractivity contribution in [3.8, 4) is 11.3 Å². The predicted octanol–water partition coefficient (Wildman–Crippen LogP) is 5.44. The Kier molecular flexibility index (Phi) is 3.88. The maximum absolute atomic E-state index is 12.7. The second-order valence-electron chi connectivity index (χ2n) is 4.10. The van der Waals surface area contributed by atoms with Gasteiger partial charge in [0.15, 0.2) is 5.69 Å². The fourth-order valence-electron chi connectivity index (χ4n) is 1.63. The third-order valence-corrected chi connectivity index (χ3v) is 2.93. The number of halogens is 7. The summed E-state index contributed by atoms with van der Waals surface area (Å²) < 4.78 is 75.2. The van der Waals surface area contributed by atoms with Crippen LogP contribution in [0.5, 0.6) is 0 Å². The van der Waals surface area contributed by atoms with Gasteiger partial charge in [0.2, 0.25) is 0 Å². The lowest BCUT2D eigenvalue weighted by molar-refractivity contribution is -0.141. The number of rotatable bonds is 1. The minimum absolute atomic E-state index is 0.111. The van der Waals surface area contributed by atoms with Gasteiger partial charge in [0, 0.05) is 5.56 Å². The average Bonchev–Trinajstić information content (AvgIpc) is 2.37. The number of aromatic nitrogens is 1. The maximum Gasteiger partial charge on any atom is 0.434 e. The molecule has 8 heteroatoms. The van der Waals surface area contributed by atoms with Crippen LogP contribution in [0.4, 0.5) is 26.3 Å². The second-order valence-corrected chi connectivity index (χ2v) is 4.51. The zero-order valence-electron chi connectivity index (χ0n) is 10.1. The first-order valence-electron chi connectivity index (χ1n) is 5.50. The van der Waals surface area contributed by atoms with Gasteiger partial charge in [-0.3, -0.25) is 0 Å². The third-order valence-electron chi connectivity index (χ3n) is 2.62. The van der Waals surface area contributed by atoms with Crippen LogP contribution in [0.25, 0.3) is 11.3 Å². The van der Waals surface area contributed by atoms with Crippen molar-refractivity contribution in [1.82, 2.24) is 4.98 Å². The minimum atomic E-state index is -4.74. The Balaban J connectivity index is 2.44. The Morgan fingerprint density at radius 3 is 1.81 bits per heavy atom. The first-order valence-corrected chi connectivity index (χ1v) is 5.88. The lowest BCUT2D eigenvalue weighted by Crippen LogP contribution is -2.09. The topological polar surface area (TPSA) is 12.9 Å². The molecule has 0 N–H and O–H groups in total. The van der Waals surface area contributed by atoms with Gasteiger partial charge in [-0.05, 0) is 24.3 Å². The molecule has 0 radical (unpaired) electrons. The standard InChI is InChI=1S/C13H6ClF6N/c14-9-5-6-10(21-11(9)13(18,19)20)7-1-3-8(4-2-7)12(15,16)17/h1-6H. The molecule has 0 fully saturated rings. The predicted molar refractivity (Wildman–Crippen MR) is 64.7 cm³/mol. The molecule has 0 unspecified atom stereocenters. The Bertz CT molecular complexity index is 645. The molecule has 0 aliphatic rings. The van der Waals surface area contributed by atoms with Crippen LogP contribution in [0.2, 0.25) is 5.02 Å². The maximum atomic E-state index is 12.7. The highest BCUT2D eigenvalue weighted by Crippen LogP contribution is 2.35. The number of hydrogen-bond acceptors (Lipinski definition) is 1. The normalized spacial score (nSPS) is 12.5. The molecule has 0 saturated heterocycles. The average molecular weight is 326 g/mol. The molecule has 1 aromatic carbocycles. The van der Waals surface area contributed by atoms with E-state index in [0.717, 1.165) is 30.3 Å². The Morgan fingerprint density at radius 1 is 0.762 bits per heavy atom. The lowest BCUT2D eigenvalue weighted by Gasteiger charge is -2.11. The van der Waals surface area contributed by atoms with E-state index in [2.05, 4.69) is 4.98 Å².